The molecular formula is C11H11F2NO. The van der Waals surface area contributed by atoms with E-state index in [1.807, 2.05) is 0 Å². The van der Waals surface area contributed by atoms with E-state index in [4.69, 9.17) is 0 Å². The van der Waals surface area contributed by atoms with E-state index in [1.165, 1.54) is 0 Å². The van der Waals surface area contributed by atoms with Crippen molar-refractivity contribution in [2.24, 2.45) is 0 Å². The number of hydrogen-bond acceptors (Lipinski definition) is 1. The highest BCUT2D eigenvalue weighted by Crippen LogP contribution is 2.19. The molecule has 1 atom stereocenters. The Kier molecular flexibility index (Phi) is 3.97. The van der Waals surface area contributed by atoms with Crippen LogP contribution in [-0.2, 0) is 4.79 Å². The van der Waals surface area contributed by atoms with Crippen LogP contribution in [0.5, 0.6) is 0 Å². The van der Waals surface area contributed by atoms with E-state index in [1.54, 1.807) is 30.3 Å². The van der Waals surface area contributed by atoms with Gasteiger partial charge >= 0.3 is 0 Å². The van der Waals surface area contributed by atoms with Gasteiger partial charge in [-0.2, -0.15) is 0 Å². The molecule has 80 valence electrons. The molecule has 0 saturated carbocycles. The summed E-state index contributed by atoms with van der Waals surface area (Å²) in [5.74, 6) is -0.607. The number of hydrogen-bond donors (Lipinski definition) is 1. The van der Waals surface area contributed by atoms with Crippen LogP contribution in [0.3, 0.4) is 0 Å². The lowest BCUT2D eigenvalue weighted by molar-refractivity contribution is -0.118. The van der Waals surface area contributed by atoms with Crippen molar-refractivity contribution in [2.75, 3.05) is 0 Å². The molecule has 0 heterocycles. The number of benzene rings is 1. The zero-order valence-corrected chi connectivity index (χ0v) is 7.99. The summed E-state index contributed by atoms with van der Waals surface area (Å²) >= 11 is 0. The molecule has 0 aliphatic heterocycles. The lowest BCUT2D eigenvalue weighted by atomic mass is 10.1. The molecule has 0 radical (unpaired) electrons. The fourth-order valence-electron chi connectivity index (χ4n) is 1.16. The van der Waals surface area contributed by atoms with Crippen LogP contribution in [0.25, 0.3) is 0 Å². The van der Waals surface area contributed by atoms with Gasteiger partial charge in [-0.25, -0.2) is 8.78 Å². The summed E-state index contributed by atoms with van der Waals surface area (Å²) < 4.78 is 25.3. The van der Waals surface area contributed by atoms with Crippen molar-refractivity contribution in [3.63, 3.8) is 0 Å². The van der Waals surface area contributed by atoms with E-state index in [9.17, 15) is 13.6 Å². The number of carbonyl (C=O) groups is 1. The van der Waals surface area contributed by atoms with Crippen LogP contribution in [-0.4, -0.2) is 12.3 Å². The van der Waals surface area contributed by atoms with Crippen LogP contribution in [0.1, 0.15) is 11.6 Å². The fourth-order valence-corrected chi connectivity index (χ4v) is 1.16. The predicted octanol–water partition coefficient (Wildman–Crippen LogP) is 2.29. The number of rotatable bonds is 4. The van der Waals surface area contributed by atoms with Gasteiger partial charge in [-0.15, -0.1) is 0 Å². The number of halogens is 2. The third kappa shape index (κ3) is 3.16. The Hall–Kier alpha value is -1.71. The minimum atomic E-state index is -2.64. The van der Waals surface area contributed by atoms with E-state index in [0.717, 1.165) is 6.08 Å². The molecule has 1 unspecified atom stereocenters. The van der Waals surface area contributed by atoms with Crippen molar-refractivity contribution in [1.29, 1.82) is 0 Å². The smallest absolute Gasteiger partial charge is 0.262 e. The minimum Gasteiger partial charge on any atom is -0.340 e. The lowest BCUT2D eigenvalue weighted by Crippen LogP contribution is -2.31. The average molecular weight is 211 g/mol. The largest absolute Gasteiger partial charge is 0.340 e. The van der Waals surface area contributed by atoms with E-state index in [0.29, 0.717) is 5.56 Å². The Morgan fingerprint density at radius 1 is 1.33 bits per heavy atom. The van der Waals surface area contributed by atoms with Gasteiger partial charge in [0.1, 0.15) is 6.04 Å². The Morgan fingerprint density at radius 3 is 2.40 bits per heavy atom. The molecule has 0 fully saturated rings. The number of alkyl halides is 2. The summed E-state index contributed by atoms with van der Waals surface area (Å²) in [4.78, 5) is 10.9. The molecule has 0 spiro atoms. The zero-order chi connectivity index (χ0) is 11.3. The predicted molar refractivity (Wildman–Crippen MR) is 53.5 cm³/mol. The Balaban J connectivity index is 2.84. The van der Waals surface area contributed by atoms with Gasteiger partial charge in [0.05, 0.1) is 0 Å². The molecule has 1 N–H and O–H groups in total. The first kappa shape index (κ1) is 11.4. The van der Waals surface area contributed by atoms with Crippen molar-refractivity contribution in [1.82, 2.24) is 5.32 Å². The Bertz CT molecular complexity index is 338. The fraction of sp³-hybridized carbons (Fsp3) is 0.182. The molecule has 0 aliphatic rings. The Labute approximate surface area is 86.6 Å². The van der Waals surface area contributed by atoms with Gasteiger partial charge in [-0.3, -0.25) is 4.79 Å². The van der Waals surface area contributed by atoms with Gasteiger partial charge in [0.15, 0.2) is 0 Å². The topological polar surface area (TPSA) is 29.1 Å². The maximum Gasteiger partial charge on any atom is 0.262 e. The highest BCUT2D eigenvalue weighted by molar-refractivity contribution is 5.87. The summed E-state index contributed by atoms with van der Waals surface area (Å²) in [6, 6.07) is 6.81. The highest BCUT2D eigenvalue weighted by atomic mass is 19.3. The van der Waals surface area contributed by atoms with E-state index >= 15 is 0 Å². The van der Waals surface area contributed by atoms with Gasteiger partial charge in [0.25, 0.3) is 6.43 Å². The second-order valence-electron chi connectivity index (χ2n) is 2.94. The SMILES string of the molecule is C=CC(=O)NC(c1ccccc1)C(F)F. The second-order valence-corrected chi connectivity index (χ2v) is 2.94. The van der Waals surface area contributed by atoms with Crippen LogP contribution < -0.4 is 5.32 Å². The van der Waals surface area contributed by atoms with E-state index in [2.05, 4.69) is 11.9 Å². The first-order valence-electron chi connectivity index (χ1n) is 4.41. The van der Waals surface area contributed by atoms with Crippen LogP contribution in [0.2, 0.25) is 0 Å². The zero-order valence-electron chi connectivity index (χ0n) is 7.99. The molecule has 1 rings (SSSR count). The number of carbonyl (C=O) groups excluding carboxylic acids is 1. The molecular weight excluding hydrogens is 200 g/mol. The normalized spacial score (nSPS) is 12.2. The van der Waals surface area contributed by atoms with E-state index in [-0.39, 0.29) is 0 Å². The van der Waals surface area contributed by atoms with Crippen LogP contribution in [0.15, 0.2) is 43.0 Å². The third-order valence-corrected chi connectivity index (χ3v) is 1.89. The van der Waals surface area contributed by atoms with Crippen molar-refractivity contribution < 1.29 is 13.6 Å². The summed E-state index contributed by atoms with van der Waals surface area (Å²) in [5.41, 5.74) is 0.378. The van der Waals surface area contributed by atoms with Gasteiger partial charge in [0, 0.05) is 0 Å². The number of nitrogens with one attached hydrogen (secondary N) is 1. The van der Waals surface area contributed by atoms with Crippen LogP contribution in [0, 0.1) is 0 Å². The quantitative estimate of drug-likeness (QED) is 0.760. The van der Waals surface area contributed by atoms with Crippen LogP contribution in [0.4, 0.5) is 8.78 Å². The summed E-state index contributed by atoms with van der Waals surface area (Å²) in [7, 11) is 0. The molecule has 0 bridgehead atoms. The molecule has 0 aromatic heterocycles. The minimum absolute atomic E-state index is 0.378. The summed E-state index contributed by atoms with van der Waals surface area (Å²) in [5, 5.41) is 2.18. The van der Waals surface area contributed by atoms with Crippen molar-refractivity contribution in [3.05, 3.63) is 48.6 Å². The maximum absolute atomic E-state index is 12.6. The van der Waals surface area contributed by atoms with Gasteiger partial charge in [0.2, 0.25) is 5.91 Å². The highest BCUT2D eigenvalue weighted by Gasteiger charge is 2.22. The molecule has 2 nitrogen and oxygen atoms in total. The maximum atomic E-state index is 12.6. The van der Waals surface area contributed by atoms with Crippen molar-refractivity contribution >= 4 is 5.91 Å². The van der Waals surface area contributed by atoms with Gasteiger partial charge in [-0.1, -0.05) is 36.9 Å². The van der Waals surface area contributed by atoms with Gasteiger partial charge < -0.3 is 5.32 Å². The van der Waals surface area contributed by atoms with E-state index < -0.39 is 18.4 Å². The second kappa shape index (κ2) is 5.24. The number of amides is 1. The average Bonchev–Trinajstić information content (AvgIpc) is 2.26. The Morgan fingerprint density at radius 2 is 1.93 bits per heavy atom. The van der Waals surface area contributed by atoms with Crippen molar-refractivity contribution in [2.45, 2.75) is 12.5 Å². The molecule has 1 aromatic rings. The molecule has 1 amide bonds. The molecule has 0 aliphatic carbocycles. The first-order valence-corrected chi connectivity index (χ1v) is 4.41. The lowest BCUT2D eigenvalue weighted by Gasteiger charge is -2.17. The molecule has 15 heavy (non-hydrogen) atoms. The standard InChI is InChI=1S/C11H11F2NO/c1-2-9(15)14-10(11(12)13)8-6-4-3-5-7-8/h2-7,10-11H,1H2,(H,14,15). The van der Waals surface area contributed by atoms with Crippen molar-refractivity contribution in [3.8, 4) is 0 Å². The summed E-state index contributed by atoms with van der Waals surface area (Å²) in [6.07, 6.45) is -1.67. The van der Waals surface area contributed by atoms with Crippen LogP contribution >= 0.6 is 0 Å². The first-order chi connectivity index (χ1) is 7.15. The van der Waals surface area contributed by atoms with Gasteiger partial charge in [-0.05, 0) is 11.6 Å². The third-order valence-electron chi connectivity index (χ3n) is 1.89. The molecule has 0 saturated heterocycles. The molecule has 4 heteroatoms. The molecule has 1 aromatic carbocycles. The summed E-state index contributed by atoms with van der Waals surface area (Å²) in [6.45, 7) is 3.21. The monoisotopic (exact) mass is 211 g/mol.